The molecule has 0 spiro atoms. The molecule has 0 saturated carbocycles. The SMILES string of the molecule is CCN(CC1CCNCC1)C(=O)Cc1ccc(C)c(C)c1. The van der Waals surface area contributed by atoms with Crippen LogP contribution in [0.25, 0.3) is 0 Å². The zero-order valence-electron chi connectivity index (χ0n) is 13.6. The quantitative estimate of drug-likeness (QED) is 0.903. The monoisotopic (exact) mass is 288 g/mol. The van der Waals surface area contributed by atoms with E-state index in [1.807, 2.05) is 4.90 Å². The molecule has 0 aliphatic carbocycles. The Hall–Kier alpha value is -1.35. The first kappa shape index (κ1) is 16.0. The topological polar surface area (TPSA) is 32.3 Å². The number of rotatable bonds is 5. The number of carbonyl (C=O) groups excluding carboxylic acids is 1. The third-order valence-corrected chi connectivity index (χ3v) is 4.60. The molecule has 0 aromatic heterocycles. The normalized spacial score (nSPS) is 16.0. The van der Waals surface area contributed by atoms with E-state index < -0.39 is 0 Å². The summed E-state index contributed by atoms with van der Waals surface area (Å²) in [5, 5.41) is 3.38. The van der Waals surface area contributed by atoms with Crippen molar-refractivity contribution in [3.63, 3.8) is 0 Å². The first-order valence-electron chi connectivity index (χ1n) is 8.14. The average molecular weight is 288 g/mol. The van der Waals surface area contributed by atoms with Gasteiger partial charge in [0.1, 0.15) is 0 Å². The zero-order valence-corrected chi connectivity index (χ0v) is 13.6. The van der Waals surface area contributed by atoms with Crippen LogP contribution in [0, 0.1) is 19.8 Å². The Balaban J connectivity index is 1.94. The predicted octanol–water partition coefficient (Wildman–Crippen LogP) is 2.69. The van der Waals surface area contributed by atoms with Gasteiger partial charge in [0.05, 0.1) is 6.42 Å². The maximum atomic E-state index is 12.5. The van der Waals surface area contributed by atoms with Gasteiger partial charge in [0, 0.05) is 13.1 Å². The van der Waals surface area contributed by atoms with E-state index in [-0.39, 0.29) is 5.91 Å². The molecule has 116 valence electrons. The van der Waals surface area contributed by atoms with E-state index in [1.54, 1.807) is 0 Å². The van der Waals surface area contributed by atoms with Gasteiger partial charge in [-0.2, -0.15) is 0 Å². The molecule has 1 aliphatic heterocycles. The summed E-state index contributed by atoms with van der Waals surface area (Å²) in [6.45, 7) is 10.2. The molecule has 1 amide bonds. The molecule has 0 bridgehead atoms. The minimum absolute atomic E-state index is 0.263. The summed E-state index contributed by atoms with van der Waals surface area (Å²) >= 11 is 0. The number of piperidine rings is 1. The molecule has 0 atom stereocenters. The van der Waals surface area contributed by atoms with Gasteiger partial charge in [-0.1, -0.05) is 18.2 Å². The van der Waals surface area contributed by atoms with Crippen molar-refractivity contribution in [3.8, 4) is 0 Å². The lowest BCUT2D eigenvalue weighted by Gasteiger charge is -2.29. The second kappa shape index (κ2) is 7.60. The second-order valence-corrected chi connectivity index (χ2v) is 6.22. The Bertz CT molecular complexity index is 478. The number of carbonyl (C=O) groups is 1. The Morgan fingerprint density at radius 3 is 2.57 bits per heavy atom. The Morgan fingerprint density at radius 1 is 1.24 bits per heavy atom. The van der Waals surface area contributed by atoms with E-state index in [1.165, 1.54) is 24.0 Å². The number of nitrogens with one attached hydrogen (secondary N) is 1. The average Bonchev–Trinajstić information content (AvgIpc) is 2.49. The highest BCUT2D eigenvalue weighted by molar-refractivity contribution is 5.78. The van der Waals surface area contributed by atoms with Crippen molar-refractivity contribution < 1.29 is 4.79 Å². The molecule has 1 aromatic carbocycles. The molecule has 3 nitrogen and oxygen atoms in total. The number of nitrogens with zero attached hydrogens (tertiary/aromatic N) is 1. The summed E-state index contributed by atoms with van der Waals surface area (Å²) in [5.74, 6) is 0.925. The third-order valence-electron chi connectivity index (χ3n) is 4.60. The molecule has 21 heavy (non-hydrogen) atoms. The first-order valence-corrected chi connectivity index (χ1v) is 8.14. The highest BCUT2D eigenvalue weighted by atomic mass is 16.2. The van der Waals surface area contributed by atoms with Crippen LogP contribution in [0.15, 0.2) is 18.2 Å². The minimum atomic E-state index is 0.263. The molecule has 2 rings (SSSR count). The van der Waals surface area contributed by atoms with E-state index in [0.717, 1.165) is 31.7 Å². The standard InChI is InChI=1S/C18H28N2O/c1-4-20(13-16-7-9-19-10-8-16)18(21)12-17-6-5-14(2)15(3)11-17/h5-6,11,16,19H,4,7-10,12-13H2,1-3H3. The van der Waals surface area contributed by atoms with Crippen LogP contribution in [-0.2, 0) is 11.2 Å². The van der Waals surface area contributed by atoms with Gasteiger partial charge in [-0.05, 0) is 69.3 Å². The van der Waals surface area contributed by atoms with Crippen LogP contribution in [-0.4, -0.2) is 37.0 Å². The van der Waals surface area contributed by atoms with Gasteiger partial charge in [0.2, 0.25) is 5.91 Å². The fourth-order valence-electron chi connectivity index (χ4n) is 2.98. The number of benzene rings is 1. The molecular formula is C18H28N2O. The van der Waals surface area contributed by atoms with Crippen molar-refractivity contribution in [2.24, 2.45) is 5.92 Å². The Labute approximate surface area is 128 Å². The largest absolute Gasteiger partial charge is 0.342 e. The summed E-state index contributed by atoms with van der Waals surface area (Å²) in [6.07, 6.45) is 2.90. The van der Waals surface area contributed by atoms with Gasteiger partial charge in [0.15, 0.2) is 0 Å². The molecule has 1 aliphatic rings. The summed E-state index contributed by atoms with van der Waals surface area (Å²) in [5.41, 5.74) is 3.68. The smallest absolute Gasteiger partial charge is 0.226 e. The number of amides is 1. The summed E-state index contributed by atoms with van der Waals surface area (Å²) in [6, 6.07) is 6.34. The van der Waals surface area contributed by atoms with Gasteiger partial charge >= 0.3 is 0 Å². The molecule has 0 unspecified atom stereocenters. The molecular weight excluding hydrogens is 260 g/mol. The second-order valence-electron chi connectivity index (χ2n) is 6.22. The maximum absolute atomic E-state index is 12.5. The number of hydrogen-bond donors (Lipinski definition) is 1. The van der Waals surface area contributed by atoms with Crippen LogP contribution in [0.1, 0.15) is 36.5 Å². The van der Waals surface area contributed by atoms with E-state index in [4.69, 9.17) is 0 Å². The molecule has 1 heterocycles. The number of aryl methyl sites for hydroxylation is 2. The highest BCUT2D eigenvalue weighted by Crippen LogP contribution is 2.15. The van der Waals surface area contributed by atoms with Crippen LogP contribution in [0.3, 0.4) is 0 Å². The van der Waals surface area contributed by atoms with E-state index in [0.29, 0.717) is 12.3 Å². The van der Waals surface area contributed by atoms with E-state index >= 15 is 0 Å². The molecule has 3 heteroatoms. The summed E-state index contributed by atoms with van der Waals surface area (Å²) < 4.78 is 0. The van der Waals surface area contributed by atoms with Gasteiger partial charge < -0.3 is 10.2 Å². The van der Waals surface area contributed by atoms with Crippen molar-refractivity contribution in [1.29, 1.82) is 0 Å². The fraction of sp³-hybridized carbons (Fsp3) is 0.611. The lowest BCUT2D eigenvalue weighted by Crippen LogP contribution is -2.39. The Kier molecular flexibility index (Phi) is 5.80. The molecule has 1 N–H and O–H groups in total. The number of likely N-dealkylation sites (N-methyl/N-ethyl adjacent to an activating group) is 1. The van der Waals surface area contributed by atoms with Gasteiger partial charge in [-0.3, -0.25) is 4.79 Å². The number of hydrogen-bond acceptors (Lipinski definition) is 2. The van der Waals surface area contributed by atoms with Gasteiger partial charge in [-0.15, -0.1) is 0 Å². The van der Waals surface area contributed by atoms with Crippen LogP contribution in [0.2, 0.25) is 0 Å². The van der Waals surface area contributed by atoms with Gasteiger partial charge in [-0.25, -0.2) is 0 Å². The first-order chi connectivity index (χ1) is 10.1. The van der Waals surface area contributed by atoms with Crippen LogP contribution >= 0.6 is 0 Å². The Morgan fingerprint density at radius 2 is 1.95 bits per heavy atom. The molecule has 0 radical (unpaired) electrons. The lowest BCUT2D eigenvalue weighted by atomic mass is 9.97. The van der Waals surface area contributed by atoms with Crippen molar-refractivity contribution in [1.82, 2.24) is 10.2 Å². The van der Waals surface area contributed by atoms with E-state index in [2.05, 4.69) is 44.3 Å². The highest BCUT2D eigenvalue weighted by Gasteiger charge is 2.19. The van der Waals surface area contributed by atoms with Crippen molar-refractivity contribution in [3.05, 3.63) is 34.9 Å². The summed E-state index contributed by atoms with van der Waals surface area (Å²) in [7, 11) is 0. The fourth-order valence-corrected chi connectivity index (χ4v) is 2.98. The van der Waals surface area contributed by atoms with E-state index in [9.17, 15) is 4.79 Å². The summed E-state index contributed by atoms with van der Waals surface area (Å²) in [4.78, 5) is 14.6. The van der Waals surface area contributed by atoms with Crippen molar-refractivity contribution in [2.75, 3.05) is 26.2 Å². The van der Waals surface area contributed by atoms with Crippen molar-refractivity contribution in [2.45, 2.75) is 40.0 Å². The maximum Gasteiger partial charge on any atom is 0.226 e. The van der Waals surface area contributed by atoms with Crippen molar-refractivity contribution >= 4 is 5.91 Å². The molecule has 1 fully saturated rings. The lowest BCUT2D eigenvalue weighted by molar-refractivity contribution is -0.131. The predicted molar refractivity (Wildman–Crippen MR) is 87.5 cm³/mol. The van der Waals surface area contributed by atoms with Crippen LogP contribution < -0.4 is 5.32 Å². The molecule has 1 aromatic rings. The van der Waals surface area contributed by atoms with Gasteiger partial charge in [0.25, 0.3) is 0 Å². The van der Waals surface area contributed by atoms with Crippen LogP contribution in [0.5, 0.6) is 0 Å². The third kappa shape index (κ3) is 4.57. The molecule has 1 saturated heterocycles. The minimum Gasteiger partial charge on any atom is -0.342 e. The zero-order chi connectivity index (χ0) is 15.2. The van der Waals surface area contributed by atoms with Crippen LogP contribution in [0.4, 0.5) is 0 Å².